The van der Waals surface area contributed by atoms with Gasteiger partial charge >= 0.3 is 0 Å². The highest BCUT2D eigenvalue weighted by Gasteiger charge is 2.12. The van der Waals surface area contributed by atoms with Gasteiger partial charge in [0.2, 0.25) is 0 Å². The van der Waals surface area contributed by atoms with Gasteiger partial charge in [0.25, 0.3) is 0 Å². The molecule has 0 spiro atoms. The fourth-order valence-corrected chi connectivity index (χ4v) is 2.46. The van der Waals surface area contributed by atoms with Gasteiger partial charge in [-0.2, -0.15) is 0 Å². The topological polar surface area (TPSA) is 12.0 Å². The van der Waals surface area contributed by atoms with Crippen LogP contribution in [0.1, 0.15) is 24.8 Å². The number of hydrogen-bond donors (Lipinski definition) is 1. The van der Waals surface area contributed by atoms with Gasteiger partial charge in [-0.05, 0) is 62.4 Å². The Morgan fingerprint density at radius 1 is 1.27 bits per heavy atom. The van der Waals surface area contributed by atoms with Gasteiger partial charge in [-0.3, -0.25) is 0 Å². The summed E-state index contributed by atoms with van der Waals surface area (Å²) >= 11 is 3.46. The lowest BCUT2D eigenvalue weighted by atomic mass is 9.93. The van der Waals surface area contributed by atoms with Crippen molar-refractivity contribution in [3.63, 3.8) is 0 Å². The summed E-state index contributed by atoms with van der Waals surface area (Å²) < 4.78 is 1.17. The van der Waals surface area contributed by atoms with Crippen LogP contribution in [0.2, 0.25) is 0 Å². The first-order valence-corrected chi connectivity index (χ1v) is 6.59. The van der Waals surface area contributed by atoms with E-state index in [1.807, 2.05) is 0 Å². The summed E-state index contributed by atoms with van der Waals surface area (Å²) in [7, 11) is 0. The van der Waals surface area contributed by atoms with E-state index < -0.39 is 0 Å². The number of benzene rings is 1. The molecule has 1 unspecified atom stereocenters. The predicted octanol–water partition coefficient (Wildman–Crippen LogP) is 3.38. The molecule has 82 valence electrons. The minimum atomic E-state index is 0.891. The minimum Gasteiger partial charge on any atom is -0.316 e. The quantitative estimate of drug-likeness (QED) is 0.886. The zero-order chi connectivity index (χ0) is 10.5. The van der Waals surface area contributed by atoms with Gasteiger partial charge in [-0.25, -0.2) is 0 Å². The number of piperidine rings is 1. The Kier molecular flexibility index (Phi) is 4.21. The van der Waals surface area contributed by atoms with E-state index in [1.165, 1.54) is 48.8 Å². The normalized spacial score (nSPS) is 21.5. The first-order chi connectivity index (χ1) is 7.34. The van der Waals surface area contributed by atoms with E-state index in [0.717, 1.165) is 5.92 Å². The van der Waals surface area contributed by atoms with Crippen molar-refractivity contribution in [2.24, 2.45) is 5.92 Å². The molecule has 1 aromatic carbocycles. The van der Waals surface area contributed by atoms with Crippen molar-refractivity contribution in [1.29, 1.82) is 0 Å². The van der Waals surface area contributed by atoms with Crippen LogP contribution in [0, 0.1) is 5.92 Å². The molecule has 1 heterocycles. The van der Waals surface area contributed by atoms with E-state index in [2.05, 4.69) is 45.5 Å². The number of nitrogens with one attached hydrogen (secondary N) is 1. The van der Waals surface area contributed by atoms with Crippen LogP contribution in [0.4, 0.5) is 0 Å². The van der Waals surface area contributed by atoms with Crippen LogP contribution in [0.5, 0.6) is 0 Å². The smallest absolute Gasteiger partial charge is 0.0175 e. The zero-order valence-electron chi connectivity index (χ0n) is 9.01. The molecule has 2 heteroatoms. The number of hydrogen-bond acceptors (Lipinski definition) is 1. The monoisotopic (exact) mass is 267 g/mol. The van der Waals surface area contributed by atoms with Gasteiger partial charge in [-0.1, -0.05) is 28.1 Å². The summed E-state index contributed by atoms with van der Waals surface area (Å²) in [5.41, 5.74) is 1.46. The molecular weight excluding hydrogens is 250 g/mol. The number of halogens is 1. The molecule has 0 amide bonds. The highest BCUT2D eigenvalue weighted by molar-refractivity contribution is 9.10. The molecule has 0 aromatic heterocycles. The van der Waals surface area contributed by atoms with Gasteiger partial charge in [0.05, 0.1) is 0 Å². The summed E-state index contributed by atoms with van der Waals surface area (Å²) in [6, 6.07) is 8.71. The largest absolute Gasteiger partial charge is 0.316 e. The van der Waals surface area contributed by atoms with Crippen LogP contribution in [-0.4, -0.2) is 13.1 Å². The van der Waals surface area contributed by atoms with Crippen molar-refractivity contribution in [2.45, 2.75) is 25.7 Å². The van der Waals surface area contributed by atoms with Crippen LogP contribution in [0.25, 0.3) is 0 Å². The molecule has 1 saturated heterocycles. The Balaban J connectivity index is 1.79. The first kappa shape index (κ1) is 11.2. The molecule has 1 fully saturated rings. The highest BCUT2D eigenvalue weighted by atomic mass is 79.9. The fraction of sp³-hybridized carbons (Fsp3) is 0.538. The van der Waals surface area contributed by atoms with Crippen molar-refractivity contribution in [3.8, 4) is 0 Å². The summed E-state index contributed by atoms with van der Waals surface area (Å²) in [5, 5.41) is 3.47. The standard InChI is InChI=1S/C13H18BrN/c14-13-7-5-11(6-8-13)3-4-12-2-1-9-15-10-12/h5-8,12,15H,1-4,9-10H2. The van der Waals surface area contributed by atoms with Gasteiger partial charge in [0, 0.05) is 4.47 Å². The lowest BCUT2D eigenvalue weighted by molar-refractivity contribution is 0.358. The predicted molar refractivity (Wildman–Crippen MR) is 68.1 cm³/mol. The summed E-state index contributed by atoms with van der Waals surface area (Å²) in [6.45, 7) is 2.44. The molecule has 2 rings (SSSR count). The second kappa shape index (κ2) is 5.66. The van der Waals surface area contributed by atoms with Gasteiger partial charge < -0.3 is 5.32 Å². The molecule has 1 aliphatic heterocycles. The number of rotatable bonds is 3. The SMILES string of the molecule is Brc1ccc(CCC2CCCNC2)cc1. The third-order valence-corrected chi connectivity index (χ3v) is 3.68. The maximum absolute atomic E-state index is 3.47. The second-order valence-electron chi connectivity index (χ2n) is 4.38. The molecule has 1 atom stereocenters. The fourth-order valence-electron chi connectivity index (χ4n) is 2.19. The minimum absolute atomic E-state index is 0.891. The highest BCUT2D eigenvalue weighted by Crippen LogP contribution is 2.18. The summed E-state index contributed by atoms with van der Waals surface area (Å²) in [6.07, 6.45) is 5.31. The Bertz CT molecular complexity index is 288. The molecule has 1 aliphatic rings. The Hall–Kier alpha value is -0.340. The van der Waals surface area contributed by atoms with E-state index in [4.69, 9.17) is 0 Å². The third kappa shape index (κ3) is 3.62. The maximum Gasteiger partial charge on any atom is 0.0175 e. The van der Waals surface area contributed by atoms with Crippen molar-refractivity contribution in [2.75, 3.05) is 13.1 Å². The third-order valence-electron chi connectivity index (χ3n) is 3.15. The van der Waals surface area contributed by atoms with Crippen LogP contribution in [0.3, 0.4) is 0 Å². The van der Waals surface area contributed by atoms with Gasteiger partial charge in [-0.15, -0.1) is 0 Å². The Morgan fingerprint density at radius 2 is 2.07 bits per heavy atom. The summed E-state index contributed by atoms with van der Waals surface area (Å²) in [4.78, 5) is 0. The second-order valence-corrected chi connectivity index (χ2v) is 5.29. The molecule has 0 bridgehead atoms. The average Bonchev–Trinajstić information content (AvgIpc) is 2.30. The lowest BCUT2D eigenvalue weighted by Gasteiger charge is -2.22. The van der Waals surface area contributed by atoms with E-state index in [9.17, 15) is 0 Å². The van der Waals surface area contributed by atoms with E-state index in [-0.39, 0.29) is 0 Å². The van der Waals surface area contributed by atoms with E-state index in [1.54, 1.807) is 0 Å². The molecule has 1 N–H and O–H groups in total. The molecular formula is C13H18BrN. The van der Waals surface area contributed by atoms with Crippen molar-refractivity contribution >= 4 is 15.9 Å². The Morgan fingerprint density at radius 3 is 2.73 bits per heavy atom. The van der Waals surface area contributed by atoms with Crippen LogP contribution < -0.4 is 5.32 Å². The van der Waals surface area contributed by atoms with Gasteiger partial charge in [0.15, 0.2) is 0 Å². The Labute approximate surface area is 100 Å². The van der Waals surface area contributed by atoms with Crippen molar-refractivity contribution in [1.82, 2.24) is 5.32 Å². The molecule has 0 radical (unpaired) electrons. The molecule has 0 saturated carbocycles. The van der Waals surface area contributed by atoms with E-state index in [0.29, 0.717) is 0 Å². The van der Waals surface area contributed by atoms with Crippen LogP contribution in [0.15, 0.2) is 28.7 Å². The van der Waals surface area contributed by atoms with Crippen molar-refractivity contribution in [3.05, 3.63) is 34.3 Å². The van der Waals surface area contributed by atoms with Crippen molar-refractivity contribution < 1.29 is 0 Å². The van der Waals surface area contributed by atoms with Crippen LogP contribution >= 0.6 is 15.9 Å². The van der Waals surface area contributed by atoms with Gasteiger partial charge in [0.1, 0.15) is 0 Å². The maximum atomic E-state index is 3.47. The molecule has 0 aliphatic carbocycles. The lowest BCUT2D eigenvalue weighted by Crippen LogP contribution is -2.29. The molecule has 15 heavy (non-hydrogen) atoms. The molecule has 1 aromatic rings. The van der Waals surface area contributed by atoms with E-state index >= 15 is 0 Å². The van der Waals surface area contributed by atoms with Crippen LogP contribution in [-0.2, 0) is 6.42 Å². The zero-order valence-corrected chi connectivity index (χ0v) is 10.6. The molecule has 1 nitrogen and oxygen atoms in total. The average molecular weight is 268 g/mol. The summed E-state index contributed by atoms with van der Waals surface area (Å²) in [5.74, 6) is 0.891. The first-order valence-electron chi connectivity index (χ1n) is 5.80. The number of aryl methyl sites for hydroxylation is 1.